The Morgan fingerprint density at radius 3 is 2.77 bits per heavy atom. The lowest BCUT2D eigenvalue weighted by atomic mass is 10.5. The van der Waals surface area contributed by atoms with Gasteiger partial charge in [-0.25, -0.2) is 15.0 Å². The lowest BCUT2D eigenvalue weighted by Crippen LogP contribution is -1.97. The van der Waals surface area contributed by atoms with Gasteiger partial charge in [-0.3, -0.25) is 4.57 Å². The van der Waals surface area contributed by atoms with Gasteiger partial charge in [0.15, 0.2) is 16.4 Å². The SMILES string of the molecule is Nc1ncnc2c1ncn2C(Cl)Cl. The lowest BCUT2D eigenvalue weighted by Gasteiger charge is -2.01. The van der Waals surface area contributed by atoms with Crippen molar-refractivity contribution in [3.63, 3.8) is 0 Å². The van der Waals surface area contributed by atoms with Gasteiger partial charge in [-0.2, -0.15) is 0 Å². The first-order valence-electron chi connectivity index (χ1n) is 3.41. The molecule has 0 amide bonds. The zero-order chi connectivity index (χ0) is 9.42. The Morgan fingerprint density at radius 2 is 2.08 bits per heavy atom. The van der Waals surface area contributed by atoms with Gasteiger partial charge in [0.2, 0.25) is 0 Å². The molecule has 5 nitrogen and oxygen atoms in total. The number of alkyl halides is 2. The zero-order valence-corrected chi connectivity index (χ0v) is 7.87. The van der Waals surface area contributed by atoms with Crippen molar-refractivity contribution in [2.75, 3.05) is 5.73 Å². The van der Waals surface area contributed by atoms with Gasteiger partial charge < -0.3 is 5.73 Å². The molecule has 0 spiro atoms. The van der Waals surface area contributed by atoms with Crippen LogP contribution in [0.5, 0.6) is 0 Å². The quantitative estimate of drug-likeness (QED) is 0.733. The topological polar surface area (TPSA) is 69.6 Å². The first kappa shape index (κ1) is 8.52. The molecule has 2 aromatic heterocycles. The third kappa shape index (κ3) is 1.30. The van der Waals surface area contributed by atoms with Gasteiger partial charge in [-0.05, 0) is 0 Å². The standard InChI is InChI=1S/C6H5Cl2N5/c7-6(8)13-2-12-3-4(9)10-1-11-5(3)13/h1-2,6H,(H2,9,10,11). The molecule has 0 aromatic carbocycles. The molecule has 68 valence electrons. The van der Waals surface area contributed by atoms with Crippen LogP contribution in [-0.4, -0.2) is 19.5 Å². The zero-order valence-electron chi connectivity index (χ0n) is 6.35. The molecule has 0 aliphatic rings. The Hall–Kier alpha value is -1.07. The second-order valence-corrected chi connectivity index (χ2v) is 3.41. The Bertz CT molecular complexity index is 438. The van der Waals surface area contributed by atoms with Crippen LogP contribution in [0.4, 0.5) is 5.82 Å². The van der Waals surface area contributed by atoms with Crippen molar-refractivity contribution in [2.24, 2.45) is 0 Å². The average molecular weight is 218 g/mol. The summed E-state index contributed by atoms with van der Waals surface area (Å²) in [7, 11) is 0. The van der Waals surface area contributed by atoms with E-state index in [4.69, 9.17) is 28.9 Å². The molecule has 0 aliphatic heterocycles. The molecule has 0 atom stereocenters. The highest BCUT2D eigenvalue weighted by molar-refractivity contribution is 6.42. The van der Waals surface area contributed by atoms with Crippen LogP contribution in [0, 0.1) is 0 Å². The van der Waals surface area contributed by atoms with E-state index in [2.05, 4.69) is 15.0 Å². The number of nitrogen functional groups attached to an aromatic ring is 1. The molecular weight excluding hydrogens is 213 g/mol. The predicted octanol–water partition coefficient (Wildman–Crippen LogP) is 1.34. The Kier molecular flexibility index (Phi) is 1.97. The monoisotopic (exact) mass is 217 g/mol. The van der Waals surface area contributed by atoms with Gasteiger partial charge in [0.05, 0.1) is 6.33 Å². The molecule has 0 radical (unpaired) electrons. The van der Waals surface area contributed by atoms with Crippen LogP contribution in [0.3, 0.4) is 0 Å². The summed E-state index contributed by atoms with van der Waals surface area (Å²) in [6.07, 6.45) is 2.81. The number of rotatable bonds is 1. The summed E-state index contributed by atoms with van der Waals surface area (Å²) in [4.78, 5) is 11.0. The maximum Gasteiger partial charge on any atom is 0.185 e. The number of hydrogen-bond donors (Lipinski definition) is 1. The lowest BCUT2D eigenvalue weighted by molar-refractivity contribution is 0.867. The Morgan fingerprint density at radius 1 is 1.31 bits per heavy atom. The van der Waals surface area contributed by atoms with Crippen molar-refractivity contribution >= 4 is 40.2 Å². The third-order valence-electron chi connectivity index (χ3n) is 1.60. The minimum Gasteiger partial charge on any atom is -0.382 e. The number of fused-ring (bicyclic) bond motifs is 1. The number of imidazole rings is 1. The second kappa shape index (κ2) is 3.01. The maximum absolute atomic E-state index is 5.66. The third-order valence-corrected chi connectivity index (χ3v) is 2.02. The van der Waals surface area contributed by atoms with Crippen LogP contribution in [0.2, 0.25) is 0 Å². The second-order valence-electron chi connectivity index (χ2n) is 2.36. The Labute approximate surface area is 83.5 Å². The van der Waals surface area contributed by atoms with E-state index in [0.29, 0.717) is 17.0 Å². The molecule has 7 heteroatoms. The highest BCUT2D eigenvalue weighted by Crippen LogP contribution is 2.23. The van der Waals surface area contributed by atoms with Gasteiger partial charge in [-0.1, -0.05) is 23.2 Å². The van der Waals surface area contributed by atoms with Crippen molar-refractivity contribution in [3.05, 3.63) is 12.7 Å². The van der Waals surface area contributed by atoms with Crippen LogP contribution in [0.15, 0.2) is 12.7 Å². The van der Waals surface area contributed by atoms with E-state index >= 15 is 0 Å². The van der Waals surface area contributed by atoms with Gasteiger partial charge in [0.25, 0.3) is 0 Å². The maximum atomic E-state index is 5.66. The van der Waals surface area contributed by atoms with Crippen molar-refractivity contribution < 1.29 is 0 Å². The van der Waals surface area contributed by atoms with Gasteiger partial charge in [0, 0.05) is 0 Å². The largest absolute Gasteiger partial charge is 0.382 e. The number of nitrogens with zero attached hydrogens (tertiary/aromatic N) is 4. The number of aromatic nitrogens is 4. The number of anilines is 1. The van der Waals surface area contributed by atoms with Gasteiger partial charge in [0.1, 0.15) is 11.8 Å². The van der Waals surface area contributed by atoms with E-state index in [1.807, 2.05) is 0 Å². The van der Waals surface area contributed by atoms with Crippen molar-refractivity contribution in [1.29, 1.82) is 0 Å². The molecule has 0 saturated heterocycles. The number of nitrogens with two attached hydrogens (primary N) is 1. The summed E-state index contributed by atoms with van der Waals surface area (Å²) in [5, 5.41) is 0. The van der Waals surface area contributed by atoms with Crippen molar-refractivity contribution in [2.45, 2.75) is 4.96 Å². The minimum atomic E-state index is -0.723. The number of halogens is 2. The summed E-state index contributed by atoms with van der Waals surface area (Å²) in [5.41, 5.74) is 6.59. The minimum absolute atomic E-state index is 0.317. The summed E-state index contributed by atoms with van der Waals surface area (Å²) in [6.45, 7) is 0. The molecule has 13 heavy (non-hydrogen) atoms. The molecule has 0 aliphatic carbocycles. The highest BCUT2D eigenvalue weighted by Gasteiger charge is 2.11. The van der Waals surface area contributed by atoms with Gasteiger partial charge in [-0.15, -0.1) is 0 Å². The Balaban J connectivity index is 2.75. The normalized spacial score (nSPS) is 11.3. The van der Waals surface area contributed by atoms with E-state index in [-0.39, 0.29) is 0 Å². The van der Waals surface area contributed by atoms with E-state index in [1.54, 1.807) is 0 Å². The van der Waals surface area contributed by atoms with Crippen LogP contribution < -0.4 is 5.73 Å². The molecule has 0 bridgehead atoms. The fraction of sp³-hybridized carbons (Fsp3) is 0.167. The van der Waals surface area contributed by atoms with Crippen LogP contribution in [-0.2, 0) is 0 Å². The number of hydrogen-bond acceptors (Lipinski definition) is 4. The summed E-state index contributed by atoms with van der Waals surface area (Å²) in [5.74, 6) is 0.317. The summed E-state index contributed by atoms with van der Waals surface area (Å²) < 4.78 is 1.50. The predicted molar refractivity (Wildman–Crippen MR) is 50.5 cm³/mol. The average Bonchev–Trinajstić information content (AvgIpc) is 2.48. The molecule has 2 N–H and O–H groups in total. The molecule has 2 aromatic rings. The van der Waals surface area contributed by atoms with Gasteiger partial charge >= 0.3 is 0 Å². The fourth-order valence-corrected chi connectivity index (χ4v) is 1.30. The van der Waals surface area contributed by atoms with Crippen molar-refractivity contribution in [1.82, 2.24) is 19.5 Å². The van der Waals surface area contributed by atoms with Crippen molar-refractivity contribution in [3.8, 4) is 0 Å². The molecule has 2 rings (SSSR count). The summed E-state index contributed by atoms with van der Waals surface area (Å²) in [6, 6.07) is 0. The first-order chi connectivity index (χ1) is 6.20. The fourth-order valence-electron chi connectivity index (χ4n) is 1.01. The first-order valence-corrected chi connectivity index (χ1v) is 4.28. The molecule has 2 heterocycles. The van der Waals surface area contributed by atoms with E-state index in [1.165, 1.54) is 17.2 Å². The molecule has 0 saturated carbocycles. The molecular formula is C6H5Cl2N5. The van der Waals surface area contributed by atoms with Crippen LogP contribution in [0.1, 0.15) is 4.96 Å². The smallest absolute Gasteiger partial charge is 0.185 e. The molecule has 0 fully saturated rings. The highest BCUT2D eigenvalue weighted by atomic mass is 35.5. The van der Waals surface area contributed by atoms with Crippen LogP contribution in [0.25, 0.3) is 11.2 Å². The van der Waals surface area contributed by atoms with E-state index in [9.17, 15) is 0 Å². The summed E-state index contributed by atoms with van der Waals surface area (Å²) >= 11 is 11.3. The van der Waals surface area contributed by atoms with E-state index in [0.717, 1.165) is 0 Å². The van der Waals surface area contributed by atoms with Crippen LogP contribution >= 0.6 is 23.2 Å². The van der Waals surface area contributed by atoms with E-state index < -0.39 is 4.96 Å². The molecule has 0 unspecified atom stereocenters.